The molecule has 0 N–H and O–H groups in total. The van der Waals surface area contributed by atoms with Gasteiger partial charge in [0.2, 0.25) is 0 Å². The molecule has 0 aromatic heterocycles. The van der Waals surface area contributed by atoms with Crippen molar-refractivity contribution >= 4 is 17.3 Å². The second-order valence-corrected chi connectivity index (χ2v) is 5.94. The van der Waals surface area contributed by atoms with Crippen LogP contribution in [0.2, 0.25) is 0 Å². The van der Waals surface area contributed by atoms with Crippen molar-refractivity contribution in [2.24, 2.45) is 0 Å². The third kappa shape index (κ3) is 4.55. The summed E-state index contributed by atoms with van der Waals surface area (Å²) in [6.45, 7) is 7.77. The lowest BCUT2D eigenvalue weighted by Crippen LogP contribution is -2.29. The van der Waals surface area contributed by atoms with E-state index in [4.69, 9.17) is 11.6 Å². The average Bonchev–Trinajstić information content (AvgIpc) is 2.39. The molecule has 2 nitrogen and oxygen atoms in total. The summed E-state index contributed by atoms with van der Waals surface area (Å²) in [6, 6.07) is 8.92. The van der Waals surface area contributed by atoms with E-state index in [9.17, 15) is 0 Å². The largest absolute Gasteiger partial charge is 0.372 e. The van der Waals surface area contributed by atoms with Crippen LogP contribution in [0.25, 0.3) is 0 Å². The summed E-state index contributed by atoms with van der Waals surface area (Å²) >= 11 is 5.82. The van der Waals surface area contributed by atoms with Gasteiger partial charge in [-0.05, 0) is 44.0 Å². The molecule has 2 rings (SSSR count). The first-order chi connectivity index (χ1) is 9.15. The van der Waals surface area contributed by atoms with Crippen LogP contribution >= 0.6 is 11.6 Å². The van der Waals surface area contributed by atoms with Gasteiger partial charge in [-0.15, -0.1) is 0 Å². The molecule has 0 saturated carbocycles. The Labute approximate surface area is 121 Å². The fourth-order valence-electron chi connectivity index (χ4n) is 2.62. The zero-order chi connectivity index (χ0) is 13.7. The highest BCUT2D eigenvalue weighted by atomic mass is 35.5. The lowest BCUT2D eigenvalue weighted by Gasteiger charge is -2.29. The average molecular weight is 279 g/mol. The van der Waals surface area contributed by atoms with Gasteiger partial charge in [0.25, 0.3) is 0 Å². The first kappa shape index (κ1) is 14.4. The number of rotatable bonds is 5. The predicted molar refractivity (Wildman–Crippen MR) is 83.8 cm³/mol. The van der Waals surface area contributed by atoms with Crippen LogP contribution in [-0.2, 0) is 6.54 Å². The minimum absolute atomic E-state index is 0.687. The van der Waals surface area contributed by atoms with Gasteiger partial charge in [0, 0.05) is 36.9 Å². The lowest BCUT2D eigenvalue weighted by atomic mass is 10.1. The molecule has 1 saturated heterocycles. The predicted octanol–water partition coefficient (Wildman–Crippen LogP) is 3.86. The number of hydrogen-bond acceptors (Lipinski definition) is 2. The van der Waals surface area contributed by atoms with Gasteiger partial charge >= 0.3 is 0 Å². The summed E-state index contributed by atoms with van der Waals surface area (Å²) in [4.78, 5) is 4.66. The molecule has 1 aromatic rings. The van der Waals surface area contributed by atoms with Crippen LogP contribution < -0.4 is 4.90 Å². The van der Waals surface area contributed by atoms with Crippen molar-refractivity contribution in [1.82, 2.24) is 4.90 Å². The Morgan fingerprint density at radius 2 is 1.84 bits per heavy atom. The maximum Gasteiger partial charge on any atom is 0.0366 e. The monoisotopic (exact) mass is 278 g/mol. The molecule has 3 heteroatoms. The SMILES string of the molecule is C=C(Cl)CN(C)Cc1ccc(N2CCCCC2)cc1. The van der Waals surface area contributed by atoms with E-state index in [-0.39, 0.29) is 0 Å². The van der Waals surface area contributed by atoms with Gasteiger partial charge < -0.3 is 4.90 Å². The van der Waals surface area contributed by atoms with Crippen molar-refractivity contribution in [2.75, 3.05) is 31.6 Å². The second kappa shape index (κ2) is 6.97. The molecule has 1 aromatic carbocycles. The van der Waals surface area contributed by atoms with E-state index >= 15 is 0 Å². The van der Waals surface area contributed by atoms with Crippen LogP contribution in [0.15, 0.2) is 35.9 Å². The van der Waals surface area contributed by atoms with Crippen molar-refractivity contribution in [3.63, 3.8) is 0 Å². The highest BCUT2D eigenvalue weighted by Crippen LogP contribution is 2.20. The second-order valence-electron chi connectivity index (χ2n) is 5.40. The van der Waals surface area contributed by atoms with Crippen molar-refractivity contribution in [2.45, 2.75) is 25.8 Å². The van der Waals surface area contributed by atoms with E-state index in [1.165, 1.54) is 43.6 Å². The first-order valence-corrected chi connectivity index (χ1v) is 7.38. The highest BCUT2D eigenvalue weighted by molar-refractivity contribution is 6.29. The van der Waals surface area contributed by atoms with Crippen LogP contribution in [0, 0.1) is 0 Å². The van der Waals surface area contributed by atoms with Crippen molar-refractivity contribution < 1.29 is 0 Å². The van der Waals surface area contributed by atoms with Gasteiger partial charge in [0.15, 0.2) is 0 Å². The van der Waals surface area contributed by atoms with E-state index in [1.807, 2.05) is 0 Å². The summed E-state index contributed by atoms with van der Waals surface area (Å²) in [5.41, 5.74) is 2.68. The molecule has 1 heterocycles. The van der Waals surface area contributed by atoms with Crippen LogP contribution in [0.1, 0.15) is 24.8 Å². The summed E-state index contributed by atoms with van der Waals surface area (Å²) in [6.07, 6.45) is 4.02. The van der Waals surface area contributed by atoms with Crippen LogP contribution in [0.5, 0.6) is 0 Å². The minimum Gasteiger partial charge on any atom is -0.372 e. The molecule has 19 heavy (non-hydrogen) atoms. The quantitative estimate of drug-likeness (QED) is 0.807. The summed E-state index contributed by atoms with van der Waals surface area (Å²) in [5.74, 6) is 0. The van der Waals surface area contributed by atoms with Gasteiger partial charge in [-0.2, -0.15) is 0 Å². The van der Waals surface area contributed by atoms with Gasteiger partial charge in [0.1, 0.15) is 0 Å². The van der Waals surface area contributed by atoms with Gasteiger partial charge in [0.05, 0.1) is 0 Å². The Bertz CT molecular complexity index is 407. The molecule has 1 aliphatic heterocycles. The standard InChI is InChI=1S/C16H23ClN2/c1-14(17)12-18(2)13-15-6-8-16(9-7-15)19-10-4-3-5-11-19/h6-9H,1,3-5,10-13H2,2H3. The zero-order valence-electron chi connectivity index (χ0n) is 11.7. The number of anilines is 1. The number of likely N-dealkylation sites (N-methyl/N-ethyl adjacent to an activating group) is 1. The fraction of sp³-hybridized carbons (Fsp3) is 0.500. The van der Waals surface area contributed by atoms with Crippen molar-refractivity contribution in [3.05, 3.63) is 41.4 Å². The van der Waals surface area contributed by atoms with Crippen LogP contribution in [-0.4, -0.2) is 31.6 Å². The Morgan fingerprint density at radius 3 is 2.42 bits per heavy atom. The molecule has 0 amide bonds. The number of halogens is 1. The van der Waals surface area contributed by atoms with E-state index in [0.717, 1.165) is 13.1 Å². The maximum atomic E-state index is 5.82. The van der Waals surface area contributed by atoms with Crippen LogP contribution in [0.4, 0.5) is 5.69 Å². The smallest absolute Gasteiger partial charge is 0.0366 e. The van der Waals surface area contributed by atoms with E-state index in [1.54, 1.807) is 0 Å². The van der Waals surface area contributed by atoms with Gasteiger partial charge in [-0.3, -0.25) is 4.90 Å². The lowest BCUT2D eigenvalue weighted by molar-refractivity contribution is 0.361. The maximum absolute atomic E-state index is 5.82. The third-order valence-corrected chi connectivity index (χ3v) is 3.67. The van der Waals surface area contributed by atoms with Gasteiger partial charge in [-0.25, -0.2) is 0 Å². The highest BCUT2D eigenvalue weighted by Gasteiger charge is 2.10. The van der Waals surface area contributed by atoms with E-state index < -0.39 is 0 Å². The number of nitrogens with zero attached hydrogens (tertiary/aromatic N) is 2. The van der Waals surface area contributed by atoms with Crippen molar-refractivity contribution in [3.8, 4) is 0 Å². The normalized spacial score (nSPS) is 15.8. The first-order valence-electron chi connectivity index (χ1n) is 7.01. The fourth-order valence-corrected chi connectivity index (χ4v) is 2.83. The molecule has 0 unspecified atom stereocenters. The third-order valence-electron chi connectivity index (χ3n) is 3.55. The summed E-state index contributed by atoms with van der Waals surface area (Å²) in [5, 5.41) is 0.687. The topological polar surface area (TPSA) is 6.48 Å². The molecular formula is C16H23ClN2. The summed E-state index contributed by atoms with van der Waals surface area (Å²) in [7, 11) is 2.06. The number of piperidine rings is 1. The van der Waals surface area contributed by atoms with E-state index in [0.29, 0.717) is 5.03 Å². The summed E-state index contributed by atoms with van der Waals surface area (Å²) < 4.78 is 0. The molecular weight excluding hydrogens is 256 g/mol. The Balaban J connectivity index is 1.92. The molecule has 0 atom stereocenters. The number of benzene rings is 1. The Kier molecular flexibility index (Phi) is 5.29. The molecule has 0 spiro atoms. The van der Waals surface area contributed by atoms with Crippen molar-refractivity contribution in [1.29, 1.82) is 0 Å². The molecule has 0 aliphatic carbocycles. The van der Waals surface area contributed by atoms with Crippen LogP contribution in [0.3, 0.4) is 0 Å². The molecule has 0 bridgehead atoms. The number of hydrogen-bond donors (Lipinski definition) is 0. The minimum atomic E-state index is 0.687. The molecule has 1 aliphatic rings. The van der Waals surface area contributed by atoms with Gasteiger partial charge in [-0.1, -0.05) is 30.3 Å². The molecule has 1 fully saturated rings. The Morgan fingerprint density at radius 1 is 1.21 bits per heavy atom. The van der Waals surface area contributed by atoms with E-state index in [2.05, 4.69) is 47.7 Å². The Hall–Kier alpha value is -0.990. The molecule has 0 radical (unpaired) electrons. The molecule has 104 valence electrons. The zero-order valence-corrected chi connectivity index (χ0v) is 12.5.